The summed E-state index contributed by atoms with van der Waals surface area (Å²) in [4.78, 5) is 0. The molecule has 0 fully saturated rings. The highest BCUT2D eigenvalue weighted by Crippen LogP contribution is 2.19. The van der Waals surface area contributed by atoms with Gasteiger partial charge in [-0.05, 0) is 45.6 Å². The van der Waals surface area contributed by atoms with Gasteiger partial charge in [0.1, 0.15) is 0 Å². The van der Waals surface area contributed by atoms with Gasteiger partial charge in [0, 0.05) is 5.54 Å². The van der Waals surface area contributed by atoms with Gasteiger partial charge in [-0.2, -0.15) is 0 Å². The molecule has 0 aliphatic heterocycles. The van der Waals surface area contributed by atoms with E-state index >= 15 is 0 Å². The third-order valence-electron chi connectivity index (χ3n) is 3.52. The second-order valence-electron chi connectivity index (χ2n) is 6.84. The summed E-state index contributed by atoms with van der Waals surface area (Å²) >= 11 is 0. The Hall–Kier alpha value is -0.0400. The minimum absolute atomic E-state index is 0.259. The molecule has 0 aliphatic carbocycles. The molecule has 1 atom stereocenters. The summed E-state index contributed by atoms with van der Waals surface area (Å²) < 4.78 is 0. The second-order valence-corrected chi connectivity index (χ2v) is 6.84. The van der Waals surface area contributed by atoms with Crippen LogP contribution in [0.25, 0.3) is 0 Å². The van der Waals surface area contributed by atoms with Crippen LogP contribution in [-0.2, 0) is 0 Å². The number of hydrogen-bond donors (Lipinski definition) is 1. The van der Waals surface area contributed by atoms with Crippen LogP contribution in [0, 0.1) is 11.8 Å². The zero-order chi connectivity index (χ0) is 13.3. The van der Waals surface area contributed by atoms with Gasteiger partial charge in [-0.25, -0.2) is 0 Å². The molecular weight excluding hydrogens is 206 g/mol. The molecule has 1 N–H and O–H groups in total. The molecule has 0 saturated carbocycles. The first kappa shape index (κ1) is 17.0. The van der Waals surface area contributed by atoms with E-state index < -0.39 is 0 Å². The average Bonchev–Trinajstić information content (AvgIpc) is 2.20. The summed E-state index contributed by atoms with van der Waals surface area (Å²) in [6, 6.07) is 0. The predicted molar refractivity (Wildman–Crippen MR) is 79.5 cm³/mol. The van der Waals surface area contributed by atoms with Crippen molar-refractivity contribution in [2.45, 2.75) is 85.6 Å². The number of unbranched alkanes of at least 4 members (excludes halogenated alkanes) is 4. The molecule has 0 rings (SSSR count). The molecule has 1 nitrogen and oxygen atoms in total. The first-order valence-electron chi connectivity index (χ1n) is 7.62. The maximum absolute atomic E-state index is 3.66. The van der Waals surface area contributed by atoms with Crippen molar-refractivity contribution < 1.29 is 0 Å². The van der Waals surface area contributed by atoms with E-state index in [0.717, 1.165) is 11.8 Å². The minimum atomic E-state index is 0.259. The highest BCUT2D eigenvalue weighted by Gasteiger charge is 2.16. The van der Waals surface area contributed by atoms with Crippen molar-refractivity contribution in [3.63, 3.8) is 0 Å². The quantitative estimate of drug-likeness (QED) is 0.560. The standard InChI is InChI=1S/C16H35N/c1-7-8-9-10-11-12-15(14(2)3)13-17-16(4,5)6/h14-15,17H,7-13H2,1-6H3. The Morgan fingerprint density at radius 1 is 0.941 bits per heavy atom. The van der Waals surface area contributed by atoms with Gasteiger partial charge in [-0.1, -0.05) is 52.9 Å². The van der Waals surface area contributed by atoms with Crippen molar-refractivity contribution in [3.8, 4) is 0 Å². The molecule has 0 aromatic rings. The molecule has 1 heteroatoms. The van der Waals surface area contributed by atoms with Crippen molar-refractivity contribution >= 4 is 0 Å². The lowest BCUT2D eigenvalue weighted by Gasteiger charge is -2.27. The Kier molecular flexibility index (Phi) is 8.94. The van der Waals surface area contributed by atoms with Crippen LogP contribution in [0.3, 0.4) is 0 Å². The highest BCUT2D eigenvalue weighted by molar-refractivity contribution is 4.74. The lowest BCUT2D eigenvalue weighted by atomic mass is 9.89. The molecule has 104 valence electrons. The van der Waals surface area contributed by atoms with Crippen LogP contribution >= 0.6 is 0 Å². The predicted octanol–water partition coefficient (Wildman–Crippen LogP) is 5.01. The third kappa shape index (κ3) is 10.8. The summed E-state index contributed by atoms with van der Waals surface area (Å²) in [6.07, 6.45) is 8.41. The van der Waals surface area contributed by atoms with Crippen LogP contribution in [0.5, 0.6) is 0 Å². The molecule has 0 bridgehead atoms. The van der Waals surface area contributed by atoms with E-state index in [0.29, 0.717) is 0 Å². The van der Waals surface area contributed by atoms with Crippen LogP contribution in [0.15, 0.2) is 0 Å². The normalized spacial score (nSPS) is 14.3. The van der Waals surface area contributed by atoms with Gasteiger partial charge in [0.25, 0.3) is 0 Å². The molecule has 0 radical (unpaired) electrons. The van der Waals surface area contributed by atoms with Gasteiger partial charge < -0.3 is 5.32 Å². The van der Waals surface area contributed by atoms with Gasteiger partial charge in [0.05, 0.1) is 0 Å². The molecule has 0 amide bonds. The molecule has 0 aromatic carbocycles. The first-order valence-corrected chi connectivity index (χ1v) is 7.62. The second kappa shape index (κ2) is 8.97. The molecule has 0 saturated heterocycles. The van der Waals surface area contributed by atoms with E-state index in [2.05, 4.69) is 46.9 Å². The maximum atomic E-state index is 3.66. The van der Waals surface area contributed by atoms with E-state index in [9.17, 15) is 0 Å². The van der Waals surface area contributed by atoms with Gasteiger partial charge in [0.2, 0.25) is 0 Å². The van der Waals surface area contributed by atoms with Gasteiger partial charge in [-0.3, -0.25) is 0 Å². The monoisotopic (exact) mass is 241 g/mol. The van der Waals surface area contributed by atoms with Crippen molar-refractivity contribution in [2.75, 3.05) is 6.54 Å². The first-order chi connectivity index (χ1) is 7.87. The van der Waals surface area contributed by atoms with E-state index in [1.165, 1.54) is 45.1 Å². The van der Waals surface area contributed by atoms with Crippen LogP contribution in [0.4, 0.5) is 0 Å². The smallest absolute Gasteiger partial charge is 0.00966 e. The fourth-order valence-electron chi connectivity index (χ4n) is 2.12. The molecule has 1 unspecified atom stereocenters. The third-order valence-corrected chi connectivity index (χ3v) is 3.52. The summed E-state index contributed by atoms with van der Waals surface area (Å²) in [5.74, 6) is 1.65. The molecule has 0 heterocycles. The van der Waals surface area contributed by atoms with E-state index in [4.69, 9.17) is 0 Å². The molecular formula is C16H35N. The number of nitrogens with one attached hydrogen (secondary N) is 1. The Morgan fingerprint density at radius 2 is 1.53 bits per heavy atom. The fraction of sp³-hybridized carbons (Fsp3) is 1.00. The van der Waals surface area contributed by atoms with Gasteiger partial charge >= 0.3 is 0 Å². The number of hydrogen-bond acceptors (Lipinski definition) is 1. The van der Waals surface area contributed by atoms with Crippen molar-refractivity contribution in [1.82, 2.24) is 5.32 Å². The molecule has 0 aliphatic rings. The summed E-state index contributed by atoms with van der Waals surface area (Å²) in [5.41, 5.74) is 0.259. The molecule has 0 spiro atoms. The summed E-state index contributed by atoms with van der Waals surface area (Å²) in [5, 5.41) is 3.66. The minimum Gasteiger partial charge on any atom is -0.312 e. The van der Waals surface area contributed by atoms with Crippen LogP contribution in [0.1, 0.15) is 80.1 Å². The van der Waals surface area contributed by atoms with Crippen molar-refractivity contribution in [3.05, 3.63) is 0 Å². The lowest BCUT2D eigenvalue weighted by Crippen LogP contribution is -2.40. The Morgan fingerprint density at radius 3 is 2.00 bits per heavy atom. The Labute approximate surface area is 110 Å². The zero-order valence-electron chi connectivity index (χ0n) is 13.1. The van der Waals surface area contributed by atoms with Crippen molar-refractivity contribution in [1.29, 1.82) is 0 Å². The van der Waals surface area contributed by atoms with Gasteiger partial charge in [-0.15, -0.1) is 0 Å². The number of rotatable bonds is 9. The topological polar surface area (TPSA) is 12.0 Å². The van der Waals surface area contributed by atoms with Crippen LogP contribution < -0.4 is 5.32 Å². The highest BCUT2D eigenvalue weighted by atomic mass is 14.9. The average molecular weight is 241 g/mol. The van der Waals surface area contributed by atoms with E-state index in [1.807, 2.05) is 0 Å². The molecule has 0 aromatic heterocycles. The van der Waals surface area contributed by atoms with Crippen LogP contribution in [0.2, 0.25) is 0 Å². The summed E-state index contributed by atoms with van der Waals surface area (Å²) in [7, 11) is 0. The van der Waals surface area contributed by atoms with E-state index in [-0.39, 0.29) is 5.54 Å². The van der Waals surface area contributed by atoms with Gasteiger partial charge in [0.15, 0.2) is 0 Å². The Bertz CT molecular complexity index is 167. The fourth-order valence-corrected chi connectivity index (χ4v) is 2.12. The zero-order valence-corrected chi connectivity index (χ0v) is 13.1. The lowest BCUT2D eigenvalue weighted by molar-refractivity contribution is 0.292. The largest absolute Gasteiger partial charge is 0.312 e. The Balaban J connectivity index is 3.76. The molecule has 17 heavy (non-hydrogen) atoms. The van der Waals surface area contributed by atoms with E-state index in [1.54, 1.807) is 0 Å². The van der Waals surface area contributed by atoms with Crippen LogP contribution in [-0.4, -0.2) is 12.1 Å². The maximum Gasteiger partial charge on any atom is 0.00966 e. The summed E-state index contributed by atoms with van der Waals surface area (Å²) in [6.45, 7) is 14.9. The van der Waals surface area contributed by atoms with Crippen molar-refractivity contribution in [2.24, 2.45) is 11.8 Å². The SMILES string of the molecule is CCCCCCCC(CNC(C)(C)C)C(C)C.